The molecule has 3 heterocycles. The van der Waals surface area contributed by atoms with Crippen LogP contribution < -0.4 is 5.32 Å². The van der Waals surface area contributed by atoms with Gasteiger partial charge in [0, 0.05) is 30.7 Å². The molecule has 1 aliphatic carbocycles. The van der Waals surface area contributed by atoms with E-state index in [2.05, 4.69) is 20.8 Å². The van der Waals surface area contributed by atoms with Crippen molar-refractivity contribution in [2.75, 3.05) is 6.54 Å². The molecule has 2 fully saturated rings. The van der Waals surface area contributed by atoms with Gasteiger partial charge in [0.1, 0.15) is 17.0 Å². The fourth-order valence-electron chi connectivity index (χ4n) is 4.41. The molecule has 2 aromatic heterocycles. The second-order valence-corrected chi connectivity index (χ2v) is 8.88. The van der Waals surface area contributed by atoms with Gasteiger partial charge in [-0.15, -0.1) is 5.10 Å². The quantitative estimate of drug-likeness (QED) is 0.595. The maximum atomic E-state index is 13.6. The number of rotatable bonds is 7. The van der Waals surface area contributed by atoms with Crippen LogP contribution >= 0.6 is 0 Å². The van der Waals surface area contributed by atoms with Crippen LogP contribution in [0.3, 0.4) is 0 Å². The van der Waals surface area contributed by atoms with E-state index >= 15 is 0 Å². The van der Waals surface area contributed by atoms with Gasteiger partial charge in [-0.3, -0.25) is 14.3 Å². The van der Waals surface area contributed by atoms with Crippen LogP contribution in [0.5, 0.6) is 0 Å². The zero-order chi connectivity index (χ0) is 22.8. The predicted molar refractivity (Wildman–Crippen MR) is 120 cm³/mol. The normalized spacial score (nSPS) is 18.3. The Bertz CT molecular complexity index is 1130. The Labute approximate surface area is 192 Å². The Morgan fingerprint density at radius 1 is 1.15 bits per heavy atom. The summed E-state index contributed by atoms with van der Waals surface area (Å²) in [6.07, 6.45) is 7.47. The fourth-order valence-corrected chi connectivity index (χ4v) is 4.41. The number of hydrogen-bond acceptors (Lipinski definition) is 6. The zero-order valence-corrected chi connectivity index (χ0v) is 18.7. The lowest BCUT2D eigenvalue weighted by molar-refractivity contribution is 0.0592. The highest BCUT2D eigenvalue weighted by atomic mass is 16.5. The van der Waals surface area contributed by atoms with Crippen molar-refractivity contribution in [2.24, 2.45) is 0 Å². The Kier molecular flexibility index (Phi) is 5.93. The molecule has 9 nitrogen and oxygen atoms in total. The summed E-state index contributed by atoms with van der Waals surface area (Å²) in [5.41, 5.74) is 2.33. The van der Waals surface area contributed by atoms with Crippen molar-refractivity contribution in [3.05, 3.63) is 53.5 Å². The number of carbonyl (C=O) groups excluding carboxylic acids is 2. The number of carbonyl (C=O) groups is 2. The first-order valence-electron chi connectivity index (χ1n) is 11.6. The number of likely N-dealkylation sites (tertiary alicyclic amines) is 1. The Balaban J connectivity index is 1.29. The summed E-state index contributed by atoms with van der Waals surface area (Å²) < 4.78 is 7.12. The number of benzene rings is 1. The minimum Gasteiger partial charge on any atom is -0.360 e. The molecule has 1 saturated carbocycles. The van der Waals surface area contributed by atoms with E-state index in [9.17, 15) is 9.59 Å². The molecule has 2 aliphatic rings. The molecule has 0 unspecified atom stereocenters. The highest BCUT2D eigenvalue weighted by molar-refractivity contribution is 6.01. The van der Waals surface area contributed by atoms with Gasteiger partial charge in [-0.05, 0) is 45.4 Å². The average molecular weight is 449 g/mol. The first kappa shape index (κ1) is 21.4. The first-order valence-corrected chi connectivity index (χ1v) is 11.6. The minimum atomic E-state index is -0.172. The second kappa shape index (κ2) is 9.17. The molecule has 0 bridgehead atoms. The van der Waals surface area contributed by atoms with Gasteiger partial charge < -0.3 is 14.7 Å². The molecule has 3 aromatic rings. The minimum absolute atomic E-state index is 0.0413. The van der Waals surface area contributed by atoms with Crippen LogP contribution in [0.2, 0.25) is 0 Å². The Morgan fingerprint density at radius 3 is 2.76 bits per heavy atom. The van der Waals surface area contributed by atoms with E-state index in [4.69, 9.17) is 4.52 Å². The van der Waals surface area contributed by atoms with E-state index in [1.54, 1.807) is 17.8 Å². The van der Waals surface area contributed by atoms with E-state index in [-0.39, 0.29) is 23.9 Å². The zero-order valence-electron chi connectivity index (χ0n) is 18.7. The number of amides is 2. The van der Waals surface area contributed by atoms with Gasteiger partial charge in [-0.1, -0.05) is 40.7 Å². The van der Waals surface area contributed by atoms with Crippen molar-refractivity contribution < 1.29 is 14.1 Å². The number of aryl methyl sites for hydroxylation is 2. The van der Waals surface area contributed by atoms with Gasteiger partial charge in [-0.2, -0.15) is 0 Å². The monoisotopic (exact) mass is 448 g/mol. The lowest BCUT2D eigenvalue weighted by atomic mass is 9.97. The molecule has 1 saturated heterocycles. The molecule has 1 N–H and O–H groups in total. The molecule has 172 valence electrons. The molecule has 0 spiro atoms. The maximum Gasteiger partial charge on any atom is 0.273 e. The molecule has 5 rings (SSSR count). The van der Waals surface area contributed by atoms with Gasteiger partial charge in [-0.25, -0.2) is 0 Å². The Hall–Kier alpha value is -3.49. The van der Waals surface area contributed by atoms with Gasteiger partial charge in [0.25, 0.3) is 11.8 Å². The summed E-state index contributed by atoms with van der Waals surface area (Å²) in [6, 6.07) is 10.0. The van der Waals surface area contributed by atoms with E-state index in [0.717, 1.165) is 44.1 Å². The second-order valence-electron chi connectivity index (χ2n) is 8.88. The molecule has 1 atom stereocenters. The number of piperidine rings is 1. The van der Waals surface area contributed by atoms with Crippen molar-refractivity contribution in [1.82, 2.24) is 30.4 Å². The lowest BCUT2D eigenvalue weighted by Crippen LogP contribution is -2.44. The van der Waals surface area contributed by atoms with E-state index in [0.29, 0.717) is 35.8 Å². The predicted octanol–water partition coefficient (Wildman–Crippen LogP) is 3.22. The van der Waals surface area contributed by atoms with Crippen molar-refractivity contribution in [3.63, 3.8) is 0 Å². The summed E-state index contributed by atoms with van der Waals surface area (Å²) in [6.45, 7) is 3.08. The highest BCUT2D eigenvalue weighted by Gasteiger charge is 2.32. The Morgan fingerprint density at radius 2 is 1.97 bits per heavy atom. The third-order valence-corrected chi connectivity index (χ3v) is 6.39. The fraction of sp³-hybridized carbons (Fsp3) is 0.458. The van der Waals surface area contributed by atoms with E-state index < -0.39 is 0 Å². The standard InChI is InChI=1S/C24H28N6O3/c1-16-21(22(27-33-16)17-7-3-2-4-8-17)24(32)30-13-6-5-9-19(30)12-14-29-15-20(26-28-29)23(31)25-18-10-11-18/h2-4,7-8,15,18-19H,5-6,9-14H2,1H3,(H,25,31)/t19-/m1/s1. The smallest absolute Gasteiger partial charge is 0.273 e. The highest BCUT2D eigenvalue weighted by Crippen LogP contribution is 2.29. The topological polar surface area (TPSA) is 106 Å². The molecule has 1 aromatic carbocycles. The molecule has 9 heteroatoms. The summed E-state index contributed by atoms with van der Waals surface area (Å²) in [7, 11) is 0. The molecular weight excluding hydrogens is 420 g/mol. The van der Waals surface area contributed by atoms with Crippen LogP contribution in [0.25, 0.3) is 11.3 Å². The van der Waals surface area contributed by atoms with Crippen LogP contribution in [0.4, 0.5) is 0 Å². The van der Waals surface area contributed by atoms with Crippen LogP contribution in [-0.2, 0) is 6.54 Å². The third-order valence-electron chi connectivity index (χ3n) is 6.39. The maximum absolute atomic E-state index is 13.6. The number of nitrogens with zero attached hydrogens (tertiary/aromatic N) is 5. The van der Waals surface area contributed by atoms with E-state index in [1.165, 1.54) is 0 Å². The molecule has 0 radical (unpaired) electrons. The van der Waals surface area contributed by atoms with Crippen molar-refractivity contribution in [3.8, 4) is 11.3 Å². The molecular formula is C24H28N6O3. The summed E-state index contributed by atoms with van der Waals surface area (Å²) in [4.78, 5) is 27.8. The van der Waals surface area contributed by atoms with Crippen LogP contribution in [0.15, 0.2) is 41.1 Å². The molecule has 2 amide bonds. The van der Waals surface area contributed by atoms with Crippen LogP contribution in [0.1, 0.15) is 65.1 Å². The molecule has 33 heavy (non-hydrogen) atoms. The third kappa shape index (κ3) is 4.67. The largest absolute Gasteiger partial charge is 0.360 e. The summed E-state index contributed by atoms with van der Waals surface area (Å²) in [5.74, 6) is 0.320. The summed E-state index contributed by atoms with van der Waals surface area (Å²) >= 11 is 0. The number of aromatic nitrogens is 4. The van der Waals surface area contributed by atoms with Gasteiger partial charge in [0.05, 0.1) is 6.20 Å². The van der Waals surface area contributed by atoms with Crippen LogP contribution in [-0.4, -0.2) is 55.5 Å². The summed E-state index contributed by atoms with van der Waals surface area (Å²) in [5, 5.41) is 15.2. The van der Waals surface area contributed by atoms with Crippen molar-refractivity contribution >= 4 is 11.8 Å². The lowest BCUT2D eigenvalue weighted by Gasteiger charge is -2.36. The van der Waals surface area contributed by atoms with E-state index in [1.807, 2.05) is 35.2 Å². The average Bonchev–Trinajstić information content (AvgIpc) is 3.37. The van der Waals surface area contributed by atoms with Crippen LogP contribution in [0, 0.1) is 6.92 Å². The molecule has 1 aliphatic heterocycles. The van der Waals surface area contributed by atoms with Gasteiger partial charge in [0.2, 0.25) is 0 Å². The van der Waals surface area contributed by atoms with Gasteiger partial charge in [0.15, 0.2) is 5.69 Å². The number of nitrogens with one attached hydrogen (secondary N) is 1. The van der Waals surface area contributed by atoms with Crippen molar-refractivity contribution in [1.29, 1.82) is 0 Å². The number of hydrogen-bond donors (Lipinski definition) is 1. The SMILES string of the molecule is Cc1onc(-c2ccccc2)c1C(=O)N1CCCC[C@@H]1CCn1cc(C(=O)NC2CC2)nn1. The van der Waals surface area contributed by atoms with Gasteiger partial charge >= 0.3 is 0 Å². The first-order chi connectivity index (χ1) is 16.1. The van der Waals surface area contributed by atoms with Crippen molar-refractivity contribution in [2.45, 2.75) is 64.1 Å².